The molecule has 0 bridgehead atoms. The first-order valence-electron chi connectivity index (χ1n) is 3.11. The molecule has 0 aliphatic rings. The Morgan fingerprint density at radius 1 is 1.40 bits per heavy atom. The van der Waals surface area contributed by atoms with Crippen molar-refractivity contribution in [3.63, 3.8) is 0 Å². The molecule has 4 N–H and O–H groups in total. The molecule has 0 aromatic rings. The van der Waals surface area contributed by atoms with Crippen LogP contribution in [0.3, 0.4) is 0 Å². The van der Waals surface area contributed by atoms with Crippen LogP contribution in [0.25, 0.3) is 0 Å². The van der Waals surface area contributed by atoms with Gasteiger partial charge in [0.2, 0.25) is 0 Å². The zero-order valence-electron chi connectivity index (χ0n) is 5.69. The normalized spacial score (nSPS) is 9.40. The minimum Gasteiger partial charge on any atom is -0.329 e. The summed E-state index contributed by atoms with van der Waals surface area (Å²) in [4.78, 5) is 9.65. The molecule has 0 aliphatic heterocycles. The van der Waals surface area contributed by atoms with Gasteiger partial charge < -0.3 is 16.4 Å². The molecule has 0 aromatic heterocycles. The van der Waals surface area contributed by atoms with E-state index in [4.69, 9.17) is 5.73 Å². The van der Waals surface area contributed by atoms with Crippen LogP contribution in [0.2, 0.25) is 0 Å². The van der Waals surface area contributed by atoms with Crippen molar-refractivity contribution in [2.45, 2.75) is 0 Å². The number of rotatable bonds is 5. The molecule has 1 amide bonds. The van der Waals surface area contributed by atoms with E-state index in [1.54, 1.807) is 0 Å². The van der Waals surface area contributed by atoms with Crippen LogP contribution in [0.5, 0.6) is 0 Å². The topological polar surface area (TPSA) is 67.2 Å². The number of carbonyl (C=O) groups excluding carboxylic acids is 1. The average molecular weight is 149 g/mol. The van der Waals surface area contributed by atoms with E-state index in [-0.39, 0.29) is 0 Å². The molecule has 0 aliphatic carbocycles. The average Bonchev–Trinajstić information content (AvgIpc) is 1.87. The van der Waals surface area contributed by atoms with Gasteiger partial charge in [-0.05, 0) is 0 Å². The molecule has 10 heavy (non-hydrogen) atoms. The lowest BCUT2D eigenvalue weighted by molar-refractivity contribution is 0.221. The number of nitrogens with one attached hydrogen (secondary N) is 2. The van der Waals surface area contributed by atoms with E-state index in [0.29, 0.717) is 26.2 Å². The molecule has 0 heterocycles. The van der Waals surface area contributed by atoms with Crippen molar-refractivity contribution in [1.82, 2.24) is 10.6 Å². The zero-order valence-corrected chi connectivity index (χ0v) is 5.69. The summed E-state index contributed by atoms with van der Waals surface area (Å²) in [5.41, 5.74) is 5.15. The number of halogens is 1. The third-order valence-corrected chi connectivity index (χ3v) is 0.887. The second kappa shape index (κ2) is 6.44. The summed E-state index contributed by atoms with van der Waals surface area (Å²) >= 11 is 0. The fraction of sp³-hybridized carbons (Fsp3) is 0.800. The van der Waals surface area contributed by atoms with Crippen molar-refractivity contribution in [3.8, 4) is 0 Å². The van der Waals surface area contributed by atoms with Crippen molar-refractivity contribution in [2.24, 2.45) is 5.73 Å². The molecular weight excluding hydrogens is 137 g/mol. The van der Waals surface area contributed by atoms with Gasteiger partial charge in [-0.2, -0.15) is 0 Å². The van der Waals surface area contributed by atoms with E-state index >= 15 is 0 Å². The third kappa shape index (κ3) is 7.32. The highest BCUT2D eigenvalue weighted by atomic mass is 19.1. The number of carbonyl (C=O) groups is 1. The number of hydrogen-bond donors (Lipinski definition) is 3. The van der Waals surface area contributed by atoms with E-state index in [1.807, 2.05) is 5.32 Å². The Morgan fingerprint density at radius 2 is 2.10 bits per heavy atom. The summed E-state index contributed by atoms with van der Waals surface area (Å²) in [5.74, 6) is 0. The molecule has 0 spiro atoms. The van der Waals surface area contributed by atoms with Gasteiger partial charge in [0.25, 0.3) is 0 Å². The molecule has 4 nitrogen and oxygen atoms in total. The van der Waals surface area contributed by atoms with Crippen molar-refractivity contribution in [1.29, 1.82) is 0 Å². The Kier molecular flexibility index (Phi) is 6.00. The van der Waals surface area contributed by atoms with Crippen molar-refractivity contribution >= 4 is 6.16 Å². The van der Waals surface area contributed by atoms with Gasteiger partial charge in [0, 0.05) is 26.2 Å². The first kappa shape index (κ1) is 9.32. The fourth-order valence-electron chi connectivity index (χ4n) is 0.476. The summed E-state index contributed by atoms with van der Waals surface area (Å²) in [6.07, 6.45) is -1.49. The van der Waals surface area contributed by atoms with Crippen LogP contribution >= 0.6 is 0 Å². The second-order valence-electron chi connectivity index (χ2n) is 1.74. The lowest BCUT2D eigenvalue weighted by Gasteiger charge is -2.00. The predicted molar refractivity (Wildman–Crippen MR) is 36.4 cm³/mol. The van der Waals surface area contributed by atoms with Gasteiger partial charge in [-0.3, -0.25) is 0 Å². The van der Waals surface area contributed by atoms with E-state index < -0.39 is 6.16 Å². The van der Waals surface area contributed by atoms with E-state index in [2.05, 4.69) is 5.32 Å². The number of amides is 1. The van der Waals surface area contributed by atoms with E-state index in [0.717, 1.165) is 0 Å². The predicted octanol–water partition coefficient (Wildman–Crippen LogP) is -0.786. The van der Waals surface area contributed by atoms with Crippen LogP contribution in [0, 0.1) is 0 Å². The summed E-state index contributed by atoms with van der Waals surface area (Å²) in [7, 11) is 0. The minimum atomic E-state index is -1.49. The third-order valence-electron chi connectivity index (χ3n) is 0.887. The molecule has 0 saturated carbocycles. The highest BCUT2D eigenvalue weighted by Crippen LogP contribution is 1.67. The summed E-state index contributed by atoms with van der Waals surface area (Å²) < 4.78 is 11.4. The molecule has 0 saturated heterocycles. The quantitative estimate of drug-likeness (QED) is 0.273. The van der Waals surface area contributed by atoms with Gasteiger partial charge in [0.15, 0.2) is 0 Å². The fourth-order valence-corrected chi connectivity index (χ4v) is 0.476. The SMILES string of the molecule is NCCNCCNC(=O)F. The molecule has 60 valence electrons. The maximum absolute atomic E-state index is 11.4. The van der Waals surface area contributed by atoms with Crippen molar-refractivity contribution in [3.05, 3.63) is 0 Å². The monoisotopic (exact) mass is 149 g/mol. The minimum absolute atomic E-state index is 0.301. The molecule has 0 aromatic carbocycles. The Hall–Kier alpha value is -0.680. The van der Waals surface area contributed by atoms with Crippen LogP contribution in [0.15, 0.2) is 0 Å². The van der Waals surface area contributed by atoms with Crippen LogP contribution in [0.1, 0.15) is 0 Å². The van der Waals surface area contributed by atoms with Crippen LogP contribution in [-0.2, 0) is 0 Å². The Morgan fingerprint density at radius 3 is 2.60 bits per heavy atom. The standard InChI is InChI=1S/C5H12FN3O/c6-5(10)9-4-3-8-2-1-7/h8H,1-4,7H2,(H,9,10). The second-order valence-corrected chi connectivity index (χ2v) is 1.74. The Balaban J connectivity index is 2.84. The smallest absolute Gasteiger partial charge is 0.329 e. The number of nitrogens with two attached hydrogens (primary N) is 1. The van der Waals surface area contributed by atoms with E-state index in [9.17, 15) is 9.18 Å². The van der Waals surface area contributed by atoms with Crippen LogP contribution < -0.4 is 16.4 Å². The van der Waals surface area contributed by atoms with Crippen LogP contribution in [0.4, 0.5) is 9.18 Å². The first-order valence-corrected chi connectivity index (χ1v) is 3.11. The summed E-state index contributed by atoms with van der Waals surface area (Å²) in [5, 5.41) is 4.88. The lowest BCUT2D eigenvalue weighted by atomic mass is 10.5. The van der Waals surface area contributed by atoms with E-state index in [1.165, 1.54) is 0 Å². The van der Waals surface area contributed by atoms with Crippen molar-refractivity contribution < 1.29 is 9.18 Å². The molecule has 5 heteroatoms. The van der Waals surface area contributed by atoms with Gasteiger partial charge in [0.1, 0.15) is 0 Å². The maximum atomic E-state index is 11.4. The van der Waals surface area contributed by atoms with Gasteiger partial charge in [0.05, 0.1) is 0 Å². The zero-order chi connectivity index (χ0) is 7.82. The van der Waals surface area contributed by atoms with Gasteiger partial charge in [-0.25, -0.2) is 4.79 Å². The molecule has 0 unspecified atom stereocenters. The largest absolute Gasteiger partial charge is 0.397 e. The first-order chi connectivity index (χ1) is 4.77. The number of hydrogen-bond acceptors (Lipinski definition) is 3. The van der Waals surface area contributed by atoms with Crippen LogP contribution in [-0.4, -0.2) is 32.3 Å². The Labute approximate surface area is 59.0 Å². The highest BCUT2D eigenvalue weighted by Gasteiger charge is 1.91. The highest BCUT2D eigenvalue weighted by molar-refractivity contribution is 5.65. The van der Waals surface area contributed by atoms with Gasteiger partial charge in [-0.15, -0.1) is 4.39 Å². The van der Waals surface area contributed by atoms with Gasteiger partial charge in [-0.1, -0.05) is 0 Å². The Bertz CT molecular complexity index is 98.9. The molecule has 0 radical (unpaired) electrons. The lowest BCUT2D eigenvalue weighted by Crippen LogP contribution is -2.31. The van der Waals surface area contributed by atoms with Crippen molar-refractivity contribution in [2.75, 3.05) is 26.2 Å². The summed E-state index contributed by atoms with van der Waals surface area (Å²) in [6, 6.07) is 0. The molecular formula is C5H12FN3O. The summed E-state index contributed by atoms with van der Waals surface area (Å²) in [6.45, 7) is 2.08. The molecule has 0 rings (SSSR count). The molecule has 0 atom stereocenters. The maximum Gasteiger partial charge on any atom is 0.397 e. The van der Waals surface area contributed by atoms with Gasteiger partial charge >= 0.3 is 6.16 Å². The molecule has 0 fully saturated rings.